The summed E-state index contributed by atoms with van der Waals surface area (Å²) < 4.78 is 37.2. The number of nitrogens with two attached hydrogens (primary N) is 1. The molecule has 5 heteroatoms. The zero-order valence-corrected chi connectivity index (χ0v) is 10.8. The predicted molar refractivity (Wildman–Crippen MR) is 68.3 cm³/mol. The number of nitrogens with zero attached hydrogens (tertiary/aromatic N) is 1. The van der Waals surface area contributed by atoms with Gasteiger partial charge in [-0.1, -0.05) is 19.1 Å². The minimum atomic E-state index is -4.38. The highest BCUT2D eigenvalue weighted by molar-refractivity contribution is 5.66. The third-order valence-corrected chi connectivity index (χ3v) is 3.78. The largest absolute Gasteiger partial charge is 0.433 e. The normalized spacial score (nSPS) is 24.2. The van der Waals surface area contributed by atoms with E-state index in [9.17, 15) is 13.2 Å². The monoisotopic (exact) mass is 270 g/mol. The van der Waals surface area contributed by atoms with Crippen LogP contribution in [0, 0.1) is 0 Å². The number of hydrogen-bond donors (Lipinski definition) is 1. The van der Waals surface area contributed by atoms with Crippen molar-refractivity contribution in [2.75, 3.05) is 0 Å². The van der Waals surface area contributed by atoms with E-state index in [1.165, 1.54) is 12.3 Å². The van der Waals surface area contributed by atoms with E-state index >= 15 is 0 Å². The van der Waals surface area contributed by atoms with E-state index in [-0.39, 0.29) is 5.54 Å². The highest BCUT2D eigenvalue weighted by Gasteiger charge is 2.32. The number of hydrogen-bond acceptors (Lipinski definition) is 2. The molecule has 1 aromatic heterocycles. The number of pyridine rings is 1. The summed E-state index contributed by atoms with van der Waals surface area (Å²) in [4.78, 5) is 3.48. The van der Waals surface area contributed by atoms with Gasteiger partial charge in [0.05, 0.1) is 0 Å². The lowest BCUT2D eigenvalue weighted by molar-refractivity contribution is -0.141. The van der Waals surface area contributed by atoms with Crippen molar-refractivity contribution in [2.24, 2.45) is 5.73 Å². The van der Waals surface area contributed by atoms with Crippen LogP contribution in [-0.2, 0) is 6.18 Å². The molecule has 1 aliphatic carbocycles. The van der Waals surface area contributed by atoms with E-state index in [2.05, 4.69) is 11.9 Å². The second-order valence-electron chi connectivity index (χ2n) is 5.08. The highest BCUT2D eigenvalue weighted by Crippen LogP contribution is 2.34. The summed E-state index contributed by atoms with van der Waals surface area (Å²) in [5, 5.41) is 0. The molecule has 0 spiro atoms. The average molecular weight is 270 g/mol. The molecule has 0 saturated heterocycles. The lowest BCUT2D eigenvalue weighted by Crippen LogP contribution is -2.39. The van der Waals surface area contributed by atoms with Gasteiger partial charge >= 0.3 is 6.18 Å². The molecule has 0 radical (unpaired) electrons. The molecule has 104 valence electrons. The first-order valence-electron chi connectivity index (χ1n) is 6.36. The third-order valence-electron chi connectivity index (χ3n) is 3.78. The van der Waals surface area contributed by atoms with Gasteiger partial charge in [0.2, 0.25) is 0 Å². The summed E-state index contributed by atoms with van der Waals surface area (Å²) in [6, 6.07) is 2.51. The lowest BCUT2D eigenvalue weighted by Gasteiger charge is -2.31. The van der Waals surface area contributed by atoms with Crippen LogP contribution in [0.4, 0.5) is 13.2 Å². The topological polar surface area (TPSA) is 38.9 Å². The first kappa shape index (κ1) is 14.1. The Morgan fingerprint density at radius 2 is 2.11 bits per heavy atom. The number of aromatic nitrogens is 1. The third kappa shape index (κ3) is 3.15. The Balaban J connectivity index is 2.16. The van der Waals surface area contributed by atoms with E-state index in [1.807, 2.05) is 6.08 Å². The first-order chi connectivity index (χ1) is 8.84. The molecule has 2 nitrogen and oxygen atoms in total. The summed E-state index contributed by atoms with van der Waals surface area (Å²) in [5.74, 6) is 0. The van der Waals surface area contributed by atoms with Crippen molar-refractivity contribution < 1.29 is 13.2 Å². The van der Waals surface area contributed by atoms with E-state index in [1.54, 1.807) is 0 Å². The summed E-state index contributed by atoms with van der Waals surface area (Å²) >= 11 is 0. The molecule has 0 aromatic carbocycles. The van der Waals surface area contributed by atoms with Gasteiger partial charge in [-0.15, -0.1) is 0 Å². The molecule has 1 heterocycles. The summed E-state index contributed by atoms with van der Waals surface area (Å²) in [7, 11) is 0. The Bertz CT molecular complexity index is 476. The van der Waals surface area contributed by atoms with Crippen molar-refractivity contribution in [2.45, 2.75) is 44.3 Å². The summed E-state index contributed by atoms with van der Waals surface area (Å²) in [5.41, 5.74) is 6.95. The molecule has 0 aliphatic heterocycles. The second-order valence-corrected chi connectivity index (χ2v) is 5.08. The maximum Gasteiger partial charge on any atom is 0.433 e. The van der Waals surface area contributed by atoms with Gasteiger partial charge < -0.3 is 5.73 Å². The van der Waals surface area contributed by atoms with Crippen molar-refractivity contribution in [1.29, 1.82) is 0 Å². The Kier molecular flexibility index (Phi) is 3.67. The van der Waals surface area contributed by atoms with Gasteiger partial charge in [0.25, 0.3) is 0 Å². The van der Waals surface area contributed by atoms with Crippen molar-refractivity contribution in [1.82, 2.24) is 4.98 Å². The summed E-state index contributed by atoms with van der Waals surface area (Å²) in [6.07, 6.45) is 2.26. The van der Waals surface area contributed by atoms with Crippen LogP contribution in [0.1, 0.15) is 43.9 Å². The highest BCUT2D eigenvalue weighted by atomic mass is 19.4. The molecule has 0 fully saturated rings. The minimum absolute atomic E-state index is 0.164. The van der Waals surface area contributed by atoms with Gasteiger partial charge in [-0.3, -0.25) is 4.98 Å². The molecule has 0 amide bonds. The van der Waals surface area contributed by atoms with Crippen molar-refractivity contribution in [3.8, 4) is 0 Å². The fraction of sp³-hybridized carbons (Fsp3) is 0.500. The zero-order chi connectivity index (χ0) is 14.1. The Hall–Kier alpha value is -1.36. The van der Waals surface area contributed by atoms with E-state index < -0.39 is 11.9 Å². The maximum absolute atomic E-state index is 12.4. The maximum atomic E-state index is 12.4. The molecule has 0 bridgehead atoms. The van der Waals surface area contributed by atoms with Crippen LogP contribution in [0.25, 0.3) is 5.57 Å². The molecule has 1 aliphatic rings. The quantitative estimate of drug-likeness (QED) is 0.888. The van der Waals surface area contributed by atoms with Crippen molar-refractivity contribution >= 4 is 5.57 Å². The Morgan fingerprint density at radius 1 is 1.37 bits per heavy atom. The van der Waals surface area contributed by atoms with Crippen LogP contribution in [0.2, 0.25) is 0 Å². The molecule has 1 aromatic rings. The van der Waals surface area contributed by atoms with Crippen LogP contribution < -0.4 is 5.73 Å². The van der Waals surface area contributed by atoms with Crippen molar-refractivity contribution in [3.05, 3.63) is 35.7 Å². The molecule has 2 N–H and O–H groups in total. The Morgan fingerprint density at radius 3 is 2.53 bits per heavy atom. The van der Waals surface area contributed by atoms with Gasteiger partial charge in [-0.05, 0) is 42.9 Å². The number of allylic oxidation sites excluding steroid dienone is 1. The van der Waals surface area contributed by atoms with Gasteiger partial charge in [0.1, 0.15) is 5.69 Å². The van der Waals surface area contributed by atoms with E-state index in [0.29, 0.717) is 0 Å². The van der Waals surface area contributed by atoms with Gasteiger partial charge in [-0.2, -0.15) is 13.2 Å². The lowest BCUT2D eigenvalue weighted by atomic mass is 9.80. The molecule has 1 atom stereocenters. The minimum Gasteiger partial charge on any atom is -0.325 e. The van der Waals surface area contributed by atoms with E-state index in [0.717, 1.165) is 42.9 Å². The molecular formula is C14H17F3N2. The number of halogens is 3. The van der Waals surface area contributed by atoms with Crippen LogP contribution in [-0.4, -0.2) is 10.5 Å². The van der Waals surface area contributed by atoms with Crippen LogP contribution >= 0.6 is 0 Å². The SMILES string of the molecule is CCC1(N)CC=C(c2ccc(C(F)(F)F)nc2)CC1. The molecule has 19 heavy (non-hydrogen) atoms. The van der Waals surface area contributed by atoms with Gasteiger partial charge in [0, 0.05) is 11.7 Å². The van der Waals surface area contributed by atoms with Crippen molar-refractivity contribution in [3.63, 3.8) is 0 Å². The standard InChI is InChI=1S/C14H17F3N2/c1-2-13(18)7-5-10(6-8-13)11-3-4-12(19-9-11)14(15,16)17/h3-5,9H,2,6-8,18H2,1H3. The fourth-order valence-electron chi connectivity index (χ4n) is 2.25. The number of alkyl halides is 3. The molecule has 1 unspecified atom stereocenters. The number of rotatable bonds is 2. The molecule has 2 rings (SSSR count). The van der Waals surface area contributed by atoms with Gasteiger partial charge in [-0.25, -0.2) is 0 Å². The van der Waals surface area contributed by atoms with Crippen LogP contribution in [0.15, 0.2) is 24.4 Å². The summed E-state index contributed by atoms with van der Waals surface area (Å²) in [6.45, 7) is 2.05. The Labute approximate surface area is 110 Å². The average Bonchev–Trinajstić information content (AvgIpc) is 2.39. The first-order valence-corrected chi connectivity index (χ1v) is 6.36. The smallest absolute Gasteiger partial charge is 0.325 e. The van der Waals surface area contributed by atoms with Gasteiger partial charge in [0.15, 0.2) is 0 Å². The second kappa shape index (κ2) is 4.96. The fourth-order valence-corrected chi connectivity index (χ4v) is 2.25. The zero-order valence-electron chi connectivity index (χ0n) is 10.8. The molecule has 0 saturated carbocycles. The molecular weight excluding hydrogens is 253 g/mol. The van der Waals surface area contributed by atoms with Crippen LogP contribution in [0.3, 0.4) is 0 Å². The van der Waals surface area contributed by atoms with Crippen LogP contribution in [0.5, 0.6) is 0 Å². The predicted octanol–water partition coefficient (Wildman–Crippen LogP) is 3.78. The van der Waals surface area contributed by atoms with E-state index in [4.69, 9.17) is 5.73 Å².